The Morgan fingerprint density at radius 2 is 1.82 bits per heavy atom. The van der Waals surface area contributed by atoms with Crippen LogP contribution < -0.4 is 5.32 Å². The molecule has 0 fully saturated rings. The molecule has 1 N–H and O–H groups in total. The van der Waals surface area contributed by atoms with E-state index in [0.29, 0.717) is 11.3 Å². The first-order valence-corrected chi connectivity index (χ1v) is 6.97. The van der Waals surface area contributed by atoms with Crippen LogP contribution in [-0.2, 0) is 16.6 Å². The molecular weight excluding hydrogens is 279 g/mol. The average molecular weight is 296 g/mol. The minimum absolute atomic E-state index is 0.0158. The van der Waals surface area contributed by atoms with Gasteiger partial charge in [-0.2, -0.15) is 5.26 Å². The molecule has 0 saturated carbocycles. The second kappa shape index (κ2) is 6.40. The van der Waals surface area contributed by atoms with Crippen molar-refractivity contribution in [2.45, 2.75) is 25.7 Å². The van der Waals surface area contributed by atoms with E-state index in [1.807, 2.05) is 26.0 Å². The lowest BCUT2D eigenvalue weighted by atomic mass is 9.86. The number of nitriles is 1. The van der Waals surface area contributed by atoms with Crippen molar-refractivity contribution in [3.05, 3.63) is 65.5 Å². The fourth-order valence-corrected chi connectivity index (χ4v) is 2.05. The number of nitrogens with one attached hydrogen (secondary N) is 1. The lowest BCUT2D eigenvalue weighted by Crippen LogP contribution is -2.16. The first kappa shape index (κ1) is 15.7. The number of anilines is 1. The van der Waals surface area contributed by atoms with E-state index in [2.05, 4.69) is 11.4 Å². The van der Waals surface area contributed by atoms with Gasteiger partial charge in [0.25, 0.3) is 0 Å². The molecule has 2 rings (SSSR count). The van der Waals surface area contributed by atoms with E-state index < -0.39 is 5.41 Å². The summed E-state index contributed by atoms with van der Waals surface area (Å²) in [6.45, 7) is 3.66. The number of hydrogen-bond acceptors (Lipinski definition) is 2. The number of halogens is 1. The zero-order valence-corrected chi connectivity index (χ0v) is 12.6. The van der Waals surface area contributed by atoms with Crippen LogP contribution in [0.2, 0.25) is 0 Å². The Balaban J connectivity index is 2.04. The van der Waals surface area contributed by atoms with Crippen molar-refractivity contribution in [2.24, 2.45) is 0 Å². The van der Waals surface area contributed by atoms with Crippen molar-refractivity contribution in [3.63, 3.8) is 0 Å². The summed E-state index contributed by atoms with van der Waals surface area (Å²) in [6, 6.07) is 15.5. The number of carbonyl (C=O) groups excluding carboxylic acids is 1. The minimum atomic E-state index is -0.574. The van der Waals surface area contributed by atoms with E-state index in [1.54, 1.807) is 30.3 Å². The predicted molar refractivity (Wildman–Crippen MR) is 83.8 cm³/mol. The maximum Gasteiger partial charge on any atom is 0.228 e. The fourth-order valence-electron chi connectivity index (χ4n) is 2.05. The van der Waals surface area contributed by atoms with Crippen LogP contribution in [0.25, 0.3) is 0 Å². The highest BCUT2D eigenvalue weighted by Crippen LogP contribution is 2.23. The Morgan fingerprint density at radius 3 is 2.41 bits per heavy atom. The Morgan fingerprint density at radius 1 is 1.18 bits per heavy atom. The number of rotatable bonds is 4. The van der Waals surface area contributed by atoms with Crippen molar-refractivity contribution in [1.82, 2.24) is 0 Å². The van der Waals surface area contributed by atoms with Gasteiger partial charge in [-0.3, -0.25) is 4.79 Å². The third kappa shape index (κ3) is 3.70. The van der Waals surface area contributed by atoms with Crippen molar-refractivity contribution in [3.8, 4) is 6.07 Å². The molecule has 0 saturated heterocycles. The molecule has 1 amide bonds. The van der Waals surface area contributed by atoms with Crippen LogP contribution in [-0.4, -0.2) is 5.91 Å². The highest BCUT2D eigenvalue weighted by Gasteiger charge is 2.19. The summed E-state index contributed by atoms with van der Waals surface area (Å²) >= 11 is 0. The number of carbonyl (C=O) groups is 1. The molecule has 0 aliphatic heterocycles. The van der Waals surface area contributed by atoms with E-state index in [1.165, 1.54) is 6.07 Å². The molecule has 0 bridgehead atoms. The number of benzene rings is 2. The second-order valence-corrected chi connectivity index (χ2v) is 5.63. The van der Waals surface area contributed by atoms with E-state index in [0.717, 1.165) is 5.56 Å². The molecule has 0 radical (unpaired) electrons. The summed E-state index contributed by atoms with van der Waals surface area (Å²) < 4.78 is 13.5. The molecule has 2 aromatic rings. The number of hydrogen-bond donors (Lipinski definition) is 1. The minimum Gasteiger partial charge on any atom is -0.326 e. The van der Waals surface area contributed by atoms with E-state index in [-0.39, 0.29) is 18.1 Å². The molecule has 22 heavy (non-hydrogen) atoms. The zero-order chi connectivity index (χ0) is 16.2. The monoisotopic (exact) mass is 296 g/mol. The average Bonchev–Trinajstić information content (AvgIpc) is 2.50. The van der Waals surface area contributed by atoms with Crippen molar-refractivity contribution in [2.75, 3.05) is 5.32 Å². The third-order valence-corrected chi connectivity index (χ3v) is 3.48. The summed E-state index contributed by atoms with van der Waals surface area (Å²) in [5, 5.41) is 11.8. The van der Waals surface area contributed by atoms with Crippen molar-refractivity contribution in [1.29, 1.82) is 5.26 Å². The van der Waals surface area contributed by atoms with Crippen LogP contribution in [0.5, 0.6) is 0 Å². The maximum atomic E-state index is 13.5. The Labute approximate surface area is 129 Å². The predicted octanol–water partition coefficient (Wildman–Crippen LogP) is 3.81. The van der Waals surface area contributed by atoms with Gasteiger partial charge in [0.05, 0.1) is 17.9 Å². The summed E-state index contributed by atoms with van der Waals surface area (Å²) in [4.78, 5) is 11.9. The molecular formula is C18H17FN2O. The van der Waals surface area contributed by atoms with Crippen LogP contribution in [0, 0.1) is 17.1 Å². The first-order valence-electron chi connectivity index (χ1n) is 6.97. The first-order chi connectivity index (χ1) is 10.4. The van der Waals surface area contributed by atoms with Gasteiger partial charge in [-0.15, -0.1) is 0 Å². The number of amides is 1. The Hall–Kier alpha value is -2.67. The molecule has 0 aliphatic rings. The van der Waals surface area contributed by atoms with Gasteiger partial charge in [-0.05, 0) is 43.2 Å². The Bertz CT molecular complexity index is 715. The molecule has 3 nitrogen and oxygen atoms in total. The van der Waals surface area contributed by atoms with Crippen LogP contribution in [0.15, 0.2) is 48.5 Å². The summed E-state index contributed by atoms with van der Waals surface area (Å²) in [5.41, 5.74) is 1.29. The SMILES string of the molecule is CC(C)(C#N)c1ccc(NC(=O)Cc2ccccc2F)cc1. The topological polar surface area (TPSA) is 52.9 Å². The van der Waals surface area contributed by atoms with Gasteiger partial charge in [0.15, 0.2) is 0 Å². The van der Waals surface area contributed by atoms with Gasteiger partial charge in [-0.25, -0.2) is 4.39 Å². The van der Waals surface area contributed by atoms with Gasteiger partial charge in [-0.1, -0.05) is 30.3 Å². The molecule has 0 unspecified atom stereocenters. The second-order valence-electron chi connectivity index (χ2n) is 5.63. The quantitative estimate of drug-likeness (QED) is 0.932. The maximum absolute atomic E-state index is 13.5. The molecule has 0 aromatic heterocycles. The van der Waals surface area contributed by atoms with Gasteiger partial charge in [0, 0.05) is 5.69 Å². The molecule has 0 aliphatic carbocycles. The summed E-state index contributed by atoms with van der Waals surface area (Å²) in [5.74, 6) is -0.666. The number of nitrogens with zero attached hydrogens (tertiary/aromatic N) is 1. The van der Waals surface area contributed by atoms with Crippen LogP contribution in [0.4, 0.5) is 10.1 Å². The van der Waals surface area contributed by atoms with Crippen molar-refractivity contribution < 1.29 is 9.18 Å². The molecule has 112 valence electrons. The normalized spacial score (nSPS) is 10.8. The van der Waals surface area contributed by atoms with Crippen LogP contribution in [0.1, 0.15) is 25.0 Å². The van der Waals surface area contributed by atoms with Crippen molar-refractivity contribution >= 4 is 11.6 Å². The lowest BCUT2D eigenvalue weighted by molar-refractivity contribution is -0.115. The zero-order valence-electron chi connectivity index (χ0n) is 12.6. The molecule has 4 heteroatoms. The van der Waals surface area contributed by atoms with Gasteiger partial charge < -0.3 is 5.32 Å². The smallest absolute Gasteiger partial charge is 0.228 e. The van der Waals surface area contributed by atoms with Crippen LogP contribution in [0.3, 0.4) is 0 Å². The van der Waals surface area contributed by atoms with E-state index in [4.69, 9.17) is 5.26 Å². The molecule has 0 atom stereocenters. The standard InChI is InChI=1S/C18H17FN2O/c1-18(2,12-20)14-7-9-15(10-8-14)21-17(22)11-13-5-3-4-6-16(13)19/h3-10H,11H2,1-2H3,(H,21,22). The van der Waals surface area contributed by atoms with E-state index in [9.17, 15) is 9.18 Å². The summed E-state index contributed by atoms with van der Waals surface area (Å²) in [7, 11) is 0. The van der Waals surface area contributed by atoms with Gasteiger partial charge in [0.1, 0.15) is 5.82 Å². The molecule has 2 aromatic carbocycles. The van der Waals surface area contributed by atoms with E-state index >= 15 is 0 Å². The highest BCUT2D eigenvalue weighted by molar-refractivity contribution is 5.92. The summed E-state index contributed by atoms with van der Waals surface area (Å²) in [6.07, 6.45) is -0.0158. The largest absolute Gasteiger partial charge is 0.326 e. The lowest BCUT2D eigenvalue weighted by Gasteiger charge is -2.16. The third-order valence-electron chi connectivity index (χ3n) is 3.48. The van der Waals surface area contributed by atoms with Gasteiger partial charge >= 0.3 is 0 Å². The van der Waals surface area contributed by atoms with Crippen LogP contribution >= 0.6 is 0 Å². The molecule has 0 heterocycles. The van der Waals surface area contributed by atoms with Gasteiger partial charge in [0.2, 0.25) is 5.91 Å². The molecule has 0 spiro atoms. The highest BCUT2D eigenvalue weighted by atomic mass is 19.1. The Kier molecular flexibility index (Phi) is 4.57. The fraction of sp³-hybridized carbons (Fsp3) is 0.222.